The first-order valence-electron chi connectivity index (χ1n) is 16.6. The van der Waals surface area contributed by atoms with Crippen LogP contribution in [0.25, 0.3) is 11.3 Å². The van der Waals surface area contributed by atoms with Gasteiger partial charge in [0.2, 0.25) is 0 Å². The molecule has 0 saturated heterocycles. The van der Waals surface area contributed by atoms with Crippen molar-refractivity contribution in [3.63, 3.8) is 0 Å². The van der Waals surface area contributed by atoms with Gasteiger partial charge in [0.15, 0.2) is 0 Å². The smallest absolute Gasteiger partial charge is 0.256 e. The van der Waals surface area contributed by atoms with Crippen molar-refractivity contribution >= 4 is 51.5 Å². The fourth-order valence-electron chi connectivity index (χ4n) is 7.30. The second-order valence-corrected chi connectivity index (χ2v) is 13.8. The molecule has 9 rings (SSSR count). The van der Waals surface area contributed by atoms with Gasteiger partial charge in [0.1, 0.15) is 11.5 Å². The second kappa shape index (κ2) is 10.9. The molecule has 0 saturated carbocycles. The number of rotatable bonds is 4. The monoisotopic (exact) mass is 622 g/mol. The van der Waals surface area contributed by atoms with Gasteiger partial charge in [0.25, 0.3) is 6.71 Å². The Morgan fingerprint density at radius 2 is 1.38 bits per heavy atom. The molecule has 0 bridgehead atoms. The molecule has 0 N–H and O–H groups in total. The number of para-hydroxylation sites is 2. The summed E-state index contributed by atoms with van der Waals surface area (Å²) in [5.41, 5.74) is 12.7. The first-order chi connectivity index (χ1) is 23.4. The normalized spacial score (nSPS) is 14.4. The van der Waals surface area contributed by atoms with E-state index in [-0.39, 0.29) is 12.1 Å². The van der Waals surface area contributed by atoms with Gasteiger partial charge in [-0.05, 0) is 106 Å². The molecule has 0 amide bonds. The van der Waals surface area contributed by atoms with Gasteiger partial charge in [-0.3, -0.25) is 4.98 Å². The van der Waals surface area contributed by atoms with Crippen LogP contribution in [0.15, 0.2) is 146 Å². The largest absolute Gasteiger partial charge is 0.458 e. The van der Waals surface area contributed by atoms with Gasteiger partial charge in [0.05, 0.1) is 12.4 Å². The summed E-state index contributed by atoms with van der Waals surface area (Å²) in [5, 5.41) is 0. The Balaban J connectivity index is 1.21. The Bertz CT molecular complexity index is 2210. The summed E-state index contributed by atoms with van der Waals surface area (Å²) in [6.07, 6.45) is 6.25. The van der Waals surface area contributed by atoms with Crippen molar-refractivity contribution in [3.8, 4) is 22.8 Å². The van der Waals surface area contributed by atoms with Crippen molar-refractivity contribution in [2.45, 2.75) is 26.2 Å². The Labute approximate surface area is 282 Å². The number of benzene rings is 5. The van der Waals surface area contributed by atoms with Crippen LogP contribution in [-0.2, 0) is 5.41 Å². The highest BCUT2D eigenvalue weighted by atomic mass is 16.5. The average Bonchev–Trinajstić information content (AvgIpc) is 3.62. The van der Waals surface area contributed by atoms with Gasteiger partial charge >= 0.3 is 0 Å². The standard InChI is InChI=1S/C42H35BN4O/c1-42(2,3)30-21-22-44-36(26-30)29-17-19-37-34(25-29)43-35-27-33(46-24-23-45(28-46)31-11-6-4-7-12-31)18-20-39(35)48-40-16-10-15-38(41(40)43)47(37)32-13-8-5-9-14-32/h4-27H,28H2,1-3H3. The fourth-order valence-corrected chi connectivity index (χ4v) is 7.30. The van der Waals surface area contributed by atoms with Gasteiger partial charge < -0.3 is 19.4 Å². The van der Waals surface area contributed by atoms with E-state index in [9.17, 15) is 0 Å². The maximum absolute atomic E-state index is 6.71. The predicted molar refractivity (Wildman–Crippen MR) is 200 cm³/mol. The SMILES string of the molecule is CC(C)(C)c1ccnc(-c2ccc3c(c2)B2c4cc(N5C=CN(c6ccccc6)C5)ccc4Oc4cccc(c42)N3c2ccccc2)c1. The van der Waals surface area contributed by atoms with E-state index in [0.29, 0.717) is 0 Å². The molecular weight excluding hydrogens is 587 g/mol. The molecule has 5 nitrogen and oxygen atoms in total. The summed E-state index contributed by atoms with van der Waals surface area (Å²) in [7, 11) is 0. The third-order valence-electron chi connectivity index (χ3n) is 9.76. The quantitative estimate of drug-likeness (QED) is 0.185. The van der Waals surface area contributed by atoms with Crippen LogP contribution in [0.1, 0.15) is 26.3 Å². The lowest BCUT2D eigenvalue weighted by Crippen LogP contribution is -2.59. The zero-order valence-electron chi connectivity index (χ0n) is 27.3. The third kappa shape index (κ3) is 4.67. The van der Waals surface area contributed by atoms with Crippen LogP contribution >= 0.6 is 0 Å². The van der Waals surface area contributed by atoms with E-state index in [1.165, 1.54) is 33.3 Å². The van der Waals surface area contributed by atoms with E-state index in [4.69, 9.17) is 9.72 Å². The van der Waals surface area contributed by atoms with Crippen LogP contribution in [0, 0.1) is 0 Å². The van der Waals surface area contributed by atoms with Crippen molar-refractivity contribution in [3.05, 3.63) is 152 Å². The molecule has 0 spiro atoms. The molecule has 232 valence electrons. The summed E-state index contributed by atoms with van der Waals surface area (Å²) in [6, 6.07) is 45.5. The molecule has 48 heavy (non-hydrogen) atoms. The molecule has 5 aromatic carbocycles. The first kappa shape index (κ1) is 28.5. The molecular formula is C42H35BN4O. The van der Waals surface area contributed by atoms with Crippen molar-refractivity contribution in [1.82, 2.24) is 4.98 Å². The summed E-state index contributed by atoms with van der Waals surface area (Å²) < 4.78 is 6.71. The molecule has 0 atom stereocenters. The van der Waals surface area contributed by atoms with Crippen molar-refractivity contribution in [2.24, 2.45) is 0 Å². The molecule has 6 heteroatoms. The fraction of sp³-hybridized carbons (Fsp3) is 0.119. The van der Waals surface area contributed by atoms with Crippen LogP contribution < -0.4 is 35.8 Å². The molecule has 3 aliphatic rings. The summed E-state index contributed by atoms with van der Waals surface area (Å²) in [5.74, 6) is 1.80. The first-order valence-corrected chi connectivity index (χ1v) is 16.6. The highest BCUT2D eigenvalue weighted by Gasteiger charge is 2.42. The Kier molecular flexibility index (Phi) is 6.48. The maximum atomic E-state index is 6.71. The minimum Gasteiger partial charge on any atom is -0.458 e. The topological polar surface area (TPSA) is 31.8 Å². The number of aromatic nitrogens is 1. The minimum absolute atomic E-state index is 0.0163. The van der Waals surface area contributed by atoms with Crippen molar-refractivity contribution in [2.75, 3.05) is 21.4 Å². The highest BCUT2D eigenvalue weighted by molar-refractivity contribution is 6.99. The summed E-state index contributed by atoms with van der Waals surface area (Å²) in [6.45, 7) is 7.48. The summed E-state index contributed by atoms with van der Waals surface area (Å²) in [4.78, 5) is 11.8. The Morgan fingerprint density at radius 1 is 0.625 bits per heavy atom. The predicted octanol–water partition coefficient (Wildman–Crippen LogP) is 8.21. The number of fused-ring (bicyclic) bond motifs is 4. The second-order valence-electron chi connectivity index (χ2n) is 13.8. The van der Waals surface area contributed by atoms with Crippen molar-refractivity contribution in [1.29, 1.82) is 0 Å². The third-order valence-corrected chi connectivity index (χ3v) is 9.76. The number of nitrogens with zero attached hydrogens (tertiary/aromatic N) is 4. The van der Waals surface area contributed by atoms with Crippen LogP contribution in [0.3, 0.4) is 0 Å². The molecule has 0 aliphatic carbocycles. The summed E-state index contributed by atoms with van der Waals surface area (Å²) >= 11 is 0. The molecule has 0 unspecified atom stereocenters. The molecule has 3 aliphatic heterocycles. The van der Waals surface area contributed by atoms with Crippen LogP contribution in [0.5, 0.6) is 11.5 Å². The number of hydrogen-bond donors (Lipinski definition) is 0. The zero-order chi connectivity index (χ0) is 32.4. The van der Waals surface area contributed by atoms with E-state index in [2.05, 4.69) is 175 Å². The number of pyridine rings is 1. The Morgan fingerprint density at radius 3 is 2.15 bits per heavy atom. The average molecular weight is 623 g/mol. The maximum Gasteiger partial charge on any atom is 0.256 e. The molecule has 4 heterocycles. The van der Waals surface area contributed by atoms with E-state index in [1.807, 2.05) is 6.20 Å². The molecule has 6 aromatic rings. The van der Waals surface area contributed by atoms with Crippen LogP contribution in [0.2, 0.25) is 0 Å². The van der Waals surface area contributed by atoms with Crippen LogP contribution in [-0.4, -0.2) is 18.4 Å². The van der Waals surface area contributed by atoms with Gasteiger partial charge in [-0.2, -0.15) is 0 Å². The van der Waals surface area contributed by atoms with E-state index >= 15 is 0 Å². The molecule has 1 aromatic heterocycles. The molecule has 0 fully saturated rings. The number of ether oxygens (including phenoxy) is 1. The Hall–Kier alpha value is -5.75. The van der Waals surface area contributed by atoms with E-state index in [1.54, 1.807) is 0 Å². The lowest BCUT2D eigenvalue weighted by atomic mass is 9.34. The lowest BCUT2D eigenvalue weighted by molar-refractivity contribution is 0.487. The lowest BCUT2D eigenvalue weighted by Gasteiger charge is -2.40. The molecule has 0 radical (unpaired) electrons. The number of anilines is 5. The van der Waals surface area contributed by atoms with Gasteiger partial charge in [-0.25, -0.2) is 0 Å². The van der Waals surface area contributed by atoms with E-state index in [0.717, 1.165) is 46.5 Å². The minimum atomic E-state index is -0.0163. The van der Waals surface area contributed by atoms with Gasteiger partial charge in [-0.1, -0.05) is 75.4 Å². The number of hydrogen-bond acceptors (Lipinski definition) is 5. The van der Waals surface area contributed by atoms with Gasteiger partial charge in [0, 0.05) is 47.0 Å². The highest BCUT2D eigenvalue weighted by Crippen LogP contribution is 2.41. The van der Waals surface area contributed by atoms with Crippen molar-refractivity contribution < 1.29 is 4.74 Å². The zero-order valence-corrected chi connectivity index (χ0v) is 27.3. The van der Waals surface area contributed by atoms with Crippen LogP contribution in [0.4, 0.5) is 28.4 Å². The van der Waals surface area contributed by atoms with Gasteiger partial charge in [-0.15, -0.1) is 0 Å². The van der Waals surface area contributed by atoms with E-state index < -0.39 is 0 Å².